The van der Waals surface area contributed by atoms with Gasteiger partial charge in [0.25, 0.3) is 0 Å². The van der Waals surface area contributed by atoms with E-state index in [0.29, 0.717) is 6.04 Å². The summed E-state index contributed by atoms with van der Waals surface area (Å²) in [5, 5.41) is 6.89. The Bertz CT molecular complexity index is 625. The molecule has 1 unspecified atom stereocenters. The van der Waals surface area contributed by atoms with Crippen LogP contribution in [0.2, 0.25) is 0 Å². The van der Waals surface area contributed by atoms with Crippen LogP contribution in [0.5, 0.6) is 0 Å². The number of hydrogen-bond acceptors (Lipinski definition) is 5. The van der Waals surface area contributed by atoms with Gasteiger partial charge in [0.05, 0.1) is 18.3 Å². The summed E-state index contributed by atoms with van der Waals surface area (Å²) in [7, 11) is 2.07. The smallest absolute Gasteiger partial charge is 0.127 e. The van der Waals surface area contributed by atoms with E-state index in [1.807, 2.05) is 12.4 Å². The van der Waals surface area contributed by atoms with Crippen LogP contribution >= 0.6 is 11.3 Å². The molecule has 1 atom stereocenters. The van der Waals surface area contributed by atoms with Crippen molar-refractivity contribution in [3.8, 4) is 0 Å². The monoisotopic (exact) mass is 319 g/mol. The van der Waals surface area contributed by atoms with Crippen LogP contribution < -0.4 is 5.32 Å². The summed E-state index contributed by atoms with van der Waals surface area (Å²) >= 11 is 1.77. The summed E-state index contributed by atoms with van der Waals surface area (Å²) in [6, 6.07) is 0.315. The second-order valence-corrected chi connectivity index (χ2v) is 7.91. The molecule has 1 saturated heterocycles. The van der Waals surface area contributed by atoms with Crippen molar-refractivity contribution >= 4 is 11.3 Å². The Kier molecular flexibility index (Phi) is 4.34. The van der Waals surface area contributed by atoms with Crippen molar-refractivity contribution in [1.29, 1.82) is 0 Å². The van der Waals surface area contributed by atoms with Gasteiger partial charge in [0.2, 0.25) is 0 Å². The van der Waals surface area contributed by atoms with Crippen molar-refractivity contribution in [2.75, 3.05) is 19.6 Å². The molecule has 1 N–H and O–H groups in total. The summed E-state index contributed by atoms with van der Waals surface area (Å²) < 4.78 is 2.12. The number of nitrogens with one attached hydrogen (secondary N) is 1. The predicted molar refractivity (Wildman–Crippen MR) is 90.0 cm³/mol. The first-order valence-electron chi connectivity index (χ1n) is 7.82. The third-order valence-corrected chi connectivity index (χ3v) is 5.00. The summed E-state index contributed by atoms with van der Waals surface area (Å²) in [6.07, 6.45) is 3.90. The SMILES string of the molecule is Cn1ccnc1C1CNCCN1Cc1nc(C(C)(C)C)cs1. The van der Waals surface area contributed by atoms with Gasteiger partial charge in [-0.3, -0.25) is 4.90 Å². The molecule has 6 heteroatoms. The van der Waals surface area contributed by atoms with Gasteiger partial charge in [0, 0.05) is 49.9 Å². The van der Waals surface area contributed by atoms with E-state index < -0.39 is 0 Å². The maximum absolute atomic E-state index is 4.84. The maximum Gasteiger partial charge on any atom is 0.127 e. The van der Waals surface area contributed by atoms with Gasteiger partial charge in [0.1, 0.15) is 10.8 Å². The standard InChI is InChI=1S/C16H25N5S/c1-16(2,3)13-11-22-14(19-13)10-21-8-5-17-9-12(21)15-18-6-7-20(15)4/h6-7,11-12,17H,5,8-10H2,1-4H3. The molecule has 0 radical (unpaired) electrons. The van der Waals surface area contributed by atoms with E-state index in [1.165, 1.54) is 10.7 Å². The quantitative estimate of drug-likeness (QED) is 0.943. The molecule has 0 spiro atoms. The zero-order chi connectivity index (χ0) is 15.7. The number of rotatable bonds is 3. The molecule has 1 aliphatic heterocycles. The van der Waals surface area contributed by atoms with Gasteiger partial charge in [-0.15, -0.1) is 11.3 Å². The van der Waals surface area contributed by atoms with Crippen LogP contribution in [0.25, 0.3) is 0 Å². The molecule has 0 saturated carbocycles. The molecule has 1 fully saturated rings. The molecule has 120 valence electrons. The Balaban J connectivity index is 1.77. The fourth-order valence-electron chi connectivity index (χ4n) is 2.79. The van der Waals surface area contributed by atoms with Crippen molar-refractivity contribution in [3.05, 3.63) is 34.3 Å². The second-order valence-electron chi connectivity index (χ2n) is 6.96. The summed E-state index contributed by atoms with van der Waals surface area (Å²) in [5.74, 6) is 1.12. The number of imidazole rings is 1. The summed E-state index contributed by atoms with van der Waals surface area (Å²) in [4.78, 5) is 11.9. The Morgan fingerprint density at radius 1 is 1.41 bits per heavy atom. The zero-order valence-electron chi connectivity index (χ0n) is 13.8. The van der Waals surface area contributed by atoms with E-state index in [-0.39, 0.29) is 5.41 Å². The highest BCUT2D eigenvalue weighted by atomic mass is 32.1. The Hall–Kier alpha value is -1.24. The number of aryl methyl sites for hydroxylation is 1. The highest BCUT2D eigenvalue weighted by Gasteiger charge is 2.28. The van der Waals surface area contributed by atoms with Crippen LogP contribution in [-0.4, -0.2) is 39.1 Å². The van der Waals surface area contributed by atoms with Crippen molar-refractivity contribution in [1.82, 2.24) is 24.8 Å². The van der Waals surface area contributed by atoms with Crippen molar-refractivity contribution in [2.24, 2.45) is 7.05 Å². The van der Waals surface area contributed by atoms with Crippen molar-refractivity contribution in [2.45, 2.75) is 38.8 Å². The van der Waals surface area contributed by atoms with Crippen LogP contribution in [0.15, 0.2) is 17.8 Å². The number of thiazole rings is 1. The average molecular weight is 319 g/mol. The molecule has 3 heterocycles. The first kappa shape index (κ1) is 15.6. The van der Waals surface area contributed by atoms with E-state index in [2.05, 4.69) is 53.0 Å². The molecule has 5 nitrogen and oxygen atoms in total. The molecular weight excluding hydrogens is 294 g/mol. The van der Waals surface area contributed by atoms with Crippen LogP contribution in [0, 0.1) is 0 Å². The lowest BCUT2D eigenvalue weighted by Gasteiger charge is -2.35. The fraction of sp³-hybridized carbons (Fsp3) is 0.625. The molecule has 0 amide bonds. The Morgan fingerprint density at radius 2 is 2.23 bits per heavy atom. The van der Waals surface area contributed by atoms with Gasteiger partial charge >= 0.3 is 0 Å². The minimum absolute atomic E-state index is 0.122. The minimum Gasteiger partial charge on any atom is -0.337 e. The lowest BCUT2D eigenvalue weighted by atomic mass is 9.93. The van der Waals surface area contributed by atoms with Crippen LogP contribution in [0.4, 0.5) is 0 Å². The molecular formula is C16H25N5S. The van der Waals surface area contributed by atoms with Gasteiger partial charge in [0.15, 0.2) is 0 Å². The highest BCUT2D eigenvalue weighted by Crippen LogP contribution is 2.27. The first-order chi connectivity index (χ1) is 10.4. The highest BCUT2D eigenvalue weighted by molar-refractivity contribution is 7.09. The summed E-state index contributed by atoms with van der Waals surface area (Å²) in [6.45, 7) is 10.6. The molecule has 0 bridgehead atoms. The zero-order valence-corrected chi connectivity index (χ0v) is 14.7. The molecule has 22 heavy (non-hydrogen) atoms. The molecule has 3 rings (SSSR count). The lowest BCUT2D eigenvalue weighted by Crippen LogP contribution is -2.46. The van der Waals surface area contributed by atoms with Gasteiger partial charge in [-0.1, -0.05) is 20.8 Å². The number of piperazine rings is 1. The third kappa shape index (κ3) is 3.24. The Morgan fingerprint density at radius 3 is 2.86 bits per heavy atom. The van der Waals surface area contributed by atoms with E-state index >= 15 is 0 Å². The second kappa shape index (κ2) is 6.10. The molecule has 0 aliphatic carbocycles. The van der Waals surface area contributed by atoms with Gasteiger partial charge in [-0.05, 0) is 0 Å². The number of aromatic nitrogens is 3. The number of nitrogens with zero attached hydrogens (tertiary/aromatic N) is 4. The topological polar surface area (TPSA) is 46.0 Å². The van der Waals surface area contributed by atoms with Gasteiger partial charge in [-0.2, -0.15) is 0 Å². The normalized spacial score (nSPS) is 20.5. The largest absolute Gasteiger partial charge is 0.337 e. The Labute approximate surface area is 136 Å². The van der Waals surface area contributed by atoms with E-state index in [1.54, 1.807) is 11.3 Å². The fourth-order valence-corrected chi connectivity index (χ4v) is 3.84. The maximum atomic E-state index is 4.84. The van der Waals surface area contributed by atoms with Crippen LogP contribution in [0.1, 0.15) is 43.3 Å². The van der Waals surface area contributed by atoms with Crippen LogP contribution in [-0.2, 0) is 19.0 Å². The third-order valence-electron chi connectivity index (χ3n) is 4.17. The van der Waals surface area contributed by atoms with Crippen LogP contribution in [0.3, 0.4) is 0 Å². The lowest BCUT2D eigenvalue weighted by molar-refractivity contribution is 0.144. The number of hydrogen-bond donors (Lipinski definition) is 1. The summed E-state index contributed by atoms with van der Waals surface area (Å²) in [5.41, 5.74) is 1.31. The predicted octanol–water partition coefficient (Wildman–Crippen LogP) is 2.32. The molecule has 2 aromatic rings. The first-order valence-corrected chi connectivity index (χ1v) is 8.70. The average Bonchev–Trinajstić information content (AvgIpc) is 3.08. The van der Waals surface area contributed by atoms with Crippen molar-refractivity contribution < 1.29 is 0 Å². The van der Waals surface area contributed by atoms with E-state index in [9.17, 15) is 0 Å². The molecule has 0 aromatic carbocycles. The van der Waals surface area contributed by atoms with E-state index in [4.69, 9.17) is 4.98 Å². The van der Waals surface area contributed by atoms with E-state index in [0.717, 1.165) is 32.0 Å². The van der Waals surface area contributed by atoms with Crippen molar-refractivity contribution in [3.63, 3.8) is 0 Å². The van der Waals surface area contributed by atoms with Gasteiger partial charge in [-0.25, -0.2) is 9.97 Å². The van der Waals surface area contributed by atoms with Gasteiger partial charge < -0.3 is 9.88 Å². The minimum atomic E-state index is 0.122. The molecule has 1 aliphatic rings. The molecule has 2 aromatic heterocycles.